The van der Waals surface area contributed by atoms with Crippen LogP contribution in [-0.4, -0.2) is 23.0 Å². The number of carbonyl (C=O) groups is 1. The number of amides is 1. The maximum Gasteiger partial charge on any atom is 0.223 e. The van der Waals surface area contributed by atoms with Crippen molar-refractivity contribution in [1.29, 1.82) is 0 Å². The third-order valence-electron chi connectivity index (χ3n) is 2.62. The molecule has 0 bridgehead atoms. The van der Waals surface area contributed by atoms with E-state index in [-0.39, 0.29) is 11.7 Å². The molecule has 17 heavy (non-hydrogen) atoms. The Morgan fingerprint density at radius 1 is 1.47 bits per heavy atom. The number of allylic oxidation sites excluding steroid dienone is 1. The Morgan fingerprint density at radius 2 is 2.12 bits per heavy atom. The Morgan fingerprint density at radius 3 is 2.71 bits per heavy atom. The quantitative estimate of drug-likeness (QED) is 0.812. The fourth-order valence-electron chi connectivity index (χ4n) is 1.31. The smallest absolute Gasteiger partial charge is 0.223 e. The van der Waals surface area contributed by atoms with Crippen molar-refractivity contribution in [2.75, 3.05) is 7.05 Å². The van der Waals surface area contributed by atoms with E-state index in [0.717, 1.165) is 11.1 Å². The summed E-state index contributed by atoms with van der Waals surface area (Å²) >= 11 is 0. The van der Waals surface area contributed by atoms with Crippen molar-refractivity contribution in [1.82, 2.24) is 4.90 Å². The van der Waals surface area contributed by atoms with E-state index in [1.54, 1.807) is 25.3 Å². The third kappa shape index (κ3) is 3.48. The number of aromatic hydroxyl groups is 1. The van der Waals surface area contributed by atoms with Gasteiger partial charge >= 0.3 is 0 Å². The molecule has 3 heteroatoms. The Hall–Kier alpha value is -2.03. The van der Waals surface area contributed by atoms with Crippen LogP contribution in [0.15, 0.2) is 36.6 Å². The van der Waals surface area contributed by atoms with Crippen molar-refractivity contribution < 1.29 is 9.90 Å². The van der Waals surface area contributed by atoms with Crippen LogP contribution in [0.25, 0.3) is 6.08 Å². The number of aryl methyl sites for hydroxylation is 1. The first-order valence-corrected chi connectivity index (χ1v) is 5.32. The second-order valence-corrected chi connectivity index (χ2v) is 3.94. The first-order valence-electron chi connectivity index (χ1n) is 5.32. The highest BCUT2D eigenvalue weighted by atomic mass is 16.3. The molecule has 0 saturated heterocycles. The Bertz CT molecular complexity index is 475. The molecule has 0 saturated carbocycles. The van der Waals surface area contributed by atoms with Crippen molar-refractivity contribution >= 4 is 12.0 Å². The summed E-state index contributed by atoms with van der Waals surface area (Å²) in [5.74, 6) is 0.160. The third-order valence-corrected chi connectivity index (χ3v) is 2.62. The molecule has 0 fully saturated rings. The van der Waals surface area contributed by atoms with E-state index >= 15 is 0 Å². The molecule has 3 nitrogen and oxygen atoms in total. The zero-order chi connectivity index (χ0) is 13.0. The van der Waals surface area contributed by atoms with Gasteiger partial charge in [-0.1, -0.05) is 18.7 Å². The van der Waals surface area contributed by atoms with E-state index < -0.39 is 0 Å². The van der Waals surface area contributed by atoms with Gasteiger partial charge in [-0.15, -0.1) is 0 Å². The van der Waals surface area contributed by atoms with E-state index in [9.17, 15) is 9.90 Å². The van der Waals surface area contributed by atoms with Gasteiger partial charge in [-0.2, -0.15) is 0 Å². The van der Waals surface area contributed by atoms with Crippen LogP contribution in [0.2, 0.25) is 0 Å². The van der Waals surface area contributed by atoms with E-state index in [2.05, 4.69) is 6.58 Å². The molecule has 90 valence electrons. The van der Waals surface area contributed by atoms with Gasteiger partial charge in [0.1, 0.15) is 5.75 Å². The number of benzene rings is 1. The molecule has 0 aliphatic heterocycles. The maximum absolute atomic E-state index is 11.1. The van der Waals surface area contributed by atoms with Gasteiger partial charge in [0.15, 0.2) is 0 Å². The summed E-state index contributed by atoms with van der Waals surface area (Å²) in [7, 11) is 1.67. The zero-order valence-electron chi connectivity index (χ0n) is 10.4. The second kappa shape index (κ2) is 5.34. The van der Waals surface area contributed by atoms with Gasteiger partial charge in [-0.05, 0) is 36.3 Å². The molecule has 0 aromatic heterocycles. The van der Waals surface area contributed by atoms with E-state index in [1.165, 1.54) is 11.8 Å². The van der Waals surface area contributed by atoms with Crippen LogP contribution in [0.4, 0.5) is 0 Å². The number of phenolic OH excluding ortho intramolecular Hbond substituents is 1. The fourth-order valence-corrected chi connectivity index (χ4v) is 1.31. The average Bonchev–Trinajstić information content (AvgIpc) is 2.28. The van der Waals surface area contributed by atoms with Crippen molar-refractivity contribution in [2.45, 2.75) is 13.8 Å². The maximum atomic E-state index is 11.1. The minimum absolute atomic E-state index is 0.0627. The summed E-state index contributed by atoms with van der Waals surface area (Å²) < 4.78 is 0. The van der Waals surface area contributed by atoms with Crippen LogP contribution >= 0.6 is 0 Å². The Balaban J connectivity index is 2.87. The highest BCUT2D eigenvalue weighted by molar-refractivity contribution is 5.76. The lowest BCUT2D eigenvalue weighted by Gasteiger charge is -2.14. The summed E-state index contributed by atoms with van der Waals surface area (Å²) in [6.07, 6.45) is 3.58. The predicted octanol–water partition coefficient (Wildman–Crippen LogP) is 2.71. The fraction of sp³-hybridized carbons (Fsp3) is 0.214. The van der Waals surface area contributed by atoms with Crippen LogP contribution in [0.1, 0.15) is 18.1 Å². The lowest BCUT2D eigenvalue weighted by atomic mass is 10.1. The van der Waals surface area contributed by atoms with Crippen LogP contribution < -0.4 is 0 Å². The minimum Gasteiger partial charge on any atom is -0.508 e. The molecule has 1 N–H and O–H groups in total. The molecular formula is C14H17NO2. The monoisotopic (exact) mass is 231 g/mol. The normalized spacial score (nSPS) is 10.5. The molecule has 0 aliphatic carbocycles. The first kappa shape index (κ1) is 13.0. The van der Waals surface area contributed by atoms with Crippen LogP contribution in [0, 0.1) is 6.92 Å². The average molecular weight is 231 g/mol. The molecule has 0 radical (unpaired) electrons. The minimum atomic E-state index is -0.0627. The number of rotatable bonds is 3. The standard InChI is InChI=1S/C14H17NO2/c1-10-5-8-14(17)9-13(10)7-6-11(2)15(4)12(3)16/h5-9,17H,2H2,1,3-4H3. The van der Waals surface area contributed by atoms with Crippen molar-refractivity contribution in [3.63, 3.8) is 0 Å². The van der Waals surface area contributed by atoms with Gasteiger partial charge < -0.3 is 10.0 Å². The van der Waals surface area contributed by atoms with E-state index in [1.807, 2.05) is 19.1 Å². The number of nitrogens with zero attached hydrogens (tertiary/aromatic N) is 1. The van der Waals surface area contributed by atoms with E-state index in [4.69, 9.17) is 0 Å². The molecule has 1 aromatic rings. The summed E-state index contributed by atoms with van der Waals surface area (Å²) in [5, 5.41) is 9.38. The van der Waals surface area contributed by atoms with Gasteiger partial charge in [0.2, 0.25) is 5.91 Å². The molecule has 1 rings (SSSR count). The van der Waals surface area contributed by atoms with Crippen molar-refractivity contribution in [3.05, 3.63) is 47.7 Å². The second-order valence-electron chi connectivity index (χ2n) is 3.94. The number of hydrogen-bond donors (Lipinski definition) is 1. The highest BCUT2D eigenvalue weighted by Crippen LogP contribution is 2.18. The van der Waals surface area contributed by atoms with Crippen LogP contribution in [0.5, 0.6) is 5.75 Å². The number of hydrogen-bond acceptors (Lipinski definition) is 2. The molecule has 0 unspecified atom stereocenters. The number of carbonyl (C=O) groups excluding carboxylic acids is 1. The molecular weight excluding hydrogens is 214 g/mol. The molecule has 1 amide bonds. The van der Waals surface area contributed by atoms with Crippen LogP contribution in [-0.2, 0) is 4.79 Å². The van der Waals surface area contributed by atoms with Gasteiger partial charge in [0.05, 0.1) is 0 Å². The topological polar surface area (TPSA) is 40.5 Å². The molecule has 0 atom stereocenters. The summed E-state index contributed by atoms with van der Waals surface area (Å²) in [6.45, 7) is 7.24. The first-order chi connectivity index (χ1) is 7.91. The van der Waals surface area contributed by atoms with Gasteiger partial charge in [-0.3, -0.25) is 4.79 Å². The van der Waals surface area contributed by atoms with Gasteiger partial charge in [0.25, 0.3) is 0 Å². The molecule has 1 aromatic carbocycles. The van der Waals surface area contributed by atoms with Crippen LogP contribution in [0.3, 0.4) is 0 Å². The predicted molar refractivity (Wildman–Crippen MR) is 69.5 cm³/mol. The lowest BCUT2D eigenvalue weighted by Crippen LogP contribution is -2.21. The number of likely N-dealkylation sites (N-methyl/N-ethyl adjacent to an activating group) is 1. The van der Waals surface area contributed by atoms with Crippen molar-refractivity contribution in [3.8, 4) is 5.75 Å². The largest absolute Gasteiger partial charge is 0.508 e. The molecule has 0 aliphatic rings. The molecule has 0 heterocycles. The number of phenols is 1. The van der Waals surface area contributed by atoms with Crippen molar-refractivity contribution in [2.24, 2.45) is 0 Å². The Labute approximate surface area is 102 Å². The summed E-state index contributed by atoms with van der Waals surface area (Å²) in [5.41, 5.74) is 2.57. The van der Waals surface area contributed by atoms with E-state index in [0.29, 0.717) is 5.70 Å². The summed E-state index contributed by atoms with van der Waals surface area (Å²) in [4.78, 5) is 12.6. The lowest BCUT2D eigenvalue weighted by molar-refractivity contribution is -0.125. The highest BCUT2D eigenvalue weighted by Gasteiger charge is 2.03. The molecule has 0 spiro atoms. The summed E-state index contributed by atoms with van der Waals surface area (Å²) in [6, 6.07) is 5.16. The SMILES string of the molecule is C=C(C=Cc1cc(O)ccc1C)N(C)C(C)=O. The zero-order valence-corrected chi connectivity index (χ0v) is 10.4. The Kier molecular flexibility index (Phi) is 4.10. The van der Waals surface area contributed by atoms with Gasteiger partial charge in [-0.25, -0.2) is 0 Å². The van der Waals surface area contributed by atoms with Gasteiger partial charge in [0, 0.05) is 19.7 Å².